The van der Waals surface area contributed by atoms with E-state index in [2.05, 4.69) is 6.92 Å². The lowest BCUT2D eigenvalue weighted by atomic mass is 10.0. The van der Waals surface area contributed by atoms with E-state index >= 15 is 0 Å². The average Bonchev–Trinajstić information content (AvgIpc) is 2.60. The molecule has 0 radical (unpaired) electrons. The molecule has 0 aliphatic heterocycles. The molecular formula is C20H32O5. The normalized spacial score (nSPS) is 10.9. The summed E-state index contributed by atoms with van der Waals surface area (Å²) >= 11 is 0. The molecule has 4 N–H and O–H groups in total. The highest BCUT2D eigenvalue weighted by atomic mass is 16.3. The summed E-state index contributed by atoms with van der Waals surface area (Å²) in [5.41, 5.74) is -0.153. The van der Waals surface area contributed by atoms with E-state index in [-0.39, 0.29) is 17.8 Å². The number of hydrogen-bond acceptors (Lipinski definition) is 5. The van der Waals surface area contributed by atoms with Crippen molar-refractivity contribution in [2.75, 3.05) is 0 Å². The molecule has 0 heterocycles. The number of unbranched alkanes of at least 4 members (excludes halogenated alkanes) is 10. The van der Waals surface area contributed by atoms with Crippen molar-refractivity contribution in [1.82, 2.24) is 0 Å². The van der Waals surface area contributed by atoms with Gasteiger partial charge in [0, 0.05) is 6.42 Å². The first kappa shape index (κ1) is 21.1. The lowest BCUT2D eigenvalue weighted by Gasteiger charge is -2.08. The largest absolute Gasteiger partial charge is 0.504 e. The number of phenols is 4. The van der Waals surface area contributed by atoms with Crippen LogP contribution < -0.4 is 0 Å². The molecule has 1 aromatic rings. The topological polar surface area (TPSA) is 98.0 Å². The Hall–Kier alpha value is -1.91. The number of Topliss-reactive ketones (excluding diaryl/α,β-unsaturated/α-hetero) is 1. The number of carbonyl (C=O) groups excluding carboxylic acids is 1. The zero-order valence-electron chi connectivity index (χ0n) is 15.3. The van der Waals surface area contributed by atoms with Gasteiger partial charge in [0.05, 0.1) is 5.56 Å². The van der Waals surface area contributed by atoms with E-state index < -0.39 is 23.0 Å². The molecule has 0 fully saturated rings. The highest BCUT2D eigenvalue weighted by Crippen LogP contribution is 2.44. The number of carbonyl (C=O) groups is 1. The molecule has 1 aromatic carbocycles. The van der Waals surface area contributed by atoms with Crippen LogP contribution in [-0.4, -0.2) is 26.2 Å². The second kappa shape index (κ2) is 11.6. The van der Waals surface area contributed by atoms with Crippen molar-refractivity contribution in [3.05, 3.63) is 11.6 Å². The van der Waals surface area contributed by atoms with Gasteiger partial charge in [0.25, 0.3) is 0 Å². The summed E-state index contributed by atoms with van der Waals surface area (Å²) in [4.78, 5) is 12.1. The van der Waals surface area contributed by atoms with Crippen molar-refractivity contribution < 1.29 is 25.2 Å². The molecule has 0 saturated carbocycles. The van der Waals surface area contributed by atoms with Gasteiger partial charge in [-0.15, -0.1) is 0 Å². The first-order valence-electron chi connectivity index (χ1n) is 9.49. The minimum atomic E-state index is -0.859. The lowest BCUT2D eigenvalue weighted by Crippen LogP contribution is -2.00. The number of phenolic OH excluding ortho intramolecular Hbond substituents is 4. The summed E-state index contributed by atoms with van der Waals surface area (Å²) in [7, 11) is 0. The van der Waals surface area contributed by atoms with E-state index in [0.29, 0.717) is 6.42 Å². The van der Waals surface area contributed by atoms with Crippen LogP contribution in [0, 0.1) is 0 Å². The van der Waals surface area contributed by atoms with Crippen LogP contribution in [0.1, 0.15) is 94.3 Å². The molecule has 0 aliphatic carbocycles. The molecule has 0 saturated heterocycles. The fourth-order valence-electron chi connectivity index (χ4n) is 2.93. The molecule has 5 heteroatoms. The molecular weight excluding hydrogens is 320 g/mol. The fourth-order valence-corrected chi connectivity index (χ4v) is 2.93. The monoisotopic (exact) mass is 352 g/mol. The maximum atomic E-state index is 12.1. The zero-order chi connectivity index (χ0) is 18.7. The van der Waals surface area contributed by atoms with Crippen molar-refractivity contribution in [2.45, 2.75) is 84.0 Å². The highest BCUT2D eigenvalue weighted by Gasteiger charge is 2.20. The van der Waals surface area contributed by atoms with Gasteiger partial charge in [-0.25, -0.2) is 0 Å². The lowest BCUT2D eigenvalue weighted by molar-refractivity contribution is 0.0975. The molecule has 0 unspecified atom stereocenters. The highest BCUT2D eigenvalue weighted by molar-refractivity contribution is 6.00. The number of rotatable bonds is 13. The van der Waals surface area contributed by atoms with Gasteiger partial charge >= 0.3 is 0 Å². The molecule has 25 heavy (non-hydrogen) atoms. The Morgan fingerprint density at radius 3 is 1.72 bits per heavy atom. The zero-order valence-corrected chi connectivity index (χ0v) is 15.3. The molecule has 1 rings (SSSR count). The fraction of sp³-hybridized carbons (Fsp3) is 0.650. The van der Waals surface area contributed by atoms with Gasteiger partial charge in [0.15, 0.2) is 17.3 Å². The molecule has 0 atom stereocenters. The quantitative estimate of drug-likeness (QED) is 0.165. The smallest absolute Gasteiger partial charge is 0.205 e. The Morgan fingerprint density at radius 2 is 1.20 bits per heavy atom. The van der Waals surface area contributed by atoms with Crippen LogP contribution in [0.15, 0.2) is 6.07 Å². The van der Waals surface area contributed by atoms with Crippen LogP contribution in [0.4, 0.5) is 0 Å². The molecule has 0 aromatic heterocycles. The van der Waals surface area contributed by atoms with E-state index in [1.807, 2.05) is 0 Å². The Labute approximate surface area is 150 Å². The molecule has 5 nitrogen and oxygen atoms in total. The minimum absolute atomic E-state index is 0.153. The van der Waals surface area contributed by atoms with E-state index in [9.17, 15) is 25.2 Å². The van der Waals surface area contributed by atoms with Crippen LogP contribution in [-0.2, 0) is 0 Å². The third-order valence-corrected chi connectivity index (χ3v) is 4.54. The van der Waals surface area contributed by atoms with Gasteiger partial charge in [-0.05, 0) is 12.5 Å². The number of ketones is 1. The Bertz CT molecular complexity index is 539. The number of benzene rings is 1. The summed E-state index contributed by atoms with van der Waals surface area (Å²) < 4.78 is 0. The Balaban J connectivity index is 2.18. The van der Waals surface area contributed by atoms with Crippen LogP contribution >= 0.6 is 0 Å². The van der Waals surface area contributed by atoms with Gasteiger partial charge < -0.3 is 20.4 Å². The summed E-state index contributed by atoms with van der Waals surface area (Å²) in [6.07, 6.45) is 13.3. The van der Waals surface area contributed by atoms with E-state index in [1.54, 1.807) is 0 Å². The molecule has 142 valence electrons. The summed E-state index contributed by atoms with van der Waals surface area (Å²) in [5.74, 6) is -3.31. The standard InChI is InChI=1S/C20H32O5/c1-2-3-4-5-6-7-8-9-10-11-12-13-16(21)15-14-17(22)19(24)20(25)18(15)23/h14,22-25H,2-13H2,1H3. The van der Waals surface area contributed by atoms with Crippen LogP contribution in [0.3, 0.4) is 0 Å². The Morgan fingerprint density at radius 1 is 0.720 bits per heavy atom. The predicted molar refractivity (Wildman–Crippen MR) is 98.5 cm³/mol. The second-order valence-electron chi connectivity index (χ2n) is 6.70. The molecule has 0 aliphatic rings. The van der Waals surface area contributed by atoms with Gasteiger partial charge in [0.2, 0.25) is 11.5 Å². The predicted octanol–water partition coefficient (Wildman–Crippen LogP) is 5.39. The van der Waals surface area contributed by atoms with E-state index in [1.165, 1.54) is 51.4 Å². The van der Waals surface area contributed by atoms with Crippen molar-refractivity contribution in [1.29, 1.82) is 0 Å². The molecule has 0 amide bonds. The van der Waals surface area contributed by atoms with Crippen LogP contribution in [0.5, 0.6) is 23.0 Å². The summed E-state index contributed by atoms with van der Waals surface area (Å²) in [5, 5.41) is 37.9. The number of aromatic hydroxyl groups is 4. The average molecular weight is 352 g/mol. The van der Waals surface area contributed by atoms with E-state index in [0.717, 1.165) is 18.9 Å². The summed E-state index contributed by atoms with van der Waals surface area (Å²) in [6.45, 7) is 2.22. The third kappa shape index (κ3) is 7.24. The SMILES string of the molecule is CCCCCCCCCCCCCC(=O)c1cc(O)c(O)c(O)c1O. The second-order valence-corrected chi connectivity index (χ2v) is 6.70. The first-order valence-corrected chi connectivity index (χ1v) is 9.49. The van der Waals surface area contributed by atoms with Crippen molar-refractivity contribution >= 4 is 5.78 Å². The minimum Gasteiger partial charge on any atom is -0.504 e. The van der Waals surface area contributed by atoms with E-state index in [4.69, 9.17) is 0 Å². The van der Waals surface area contributed by atoms with Crippen LogP contribution in [0.2, 0.25) is 0 Å². The van der Waals surface area contributed by atoms with Gasteiger partial charge in [-0.3, -0.25) is 4.79 Å². The Kier molecular flexibility index (Phi) is 9.81. The molecule has 0 bridgehead atoms. The first-order chi connectivity index (χ1) is 12.0. The maximum Gasteiger partial charge on any atom is 0.205 e. The van der Waals surface area contributed by atoms with Gasteiger partial charge in [-0.2, -0.15) is 0 Å². The maximum absolute atomic E-state index is 12.1. The molecule has 0 spiro atoms. The van der Waals surface area contributed by atoms with Crippen molar-refractivity contribution in [3.8, 4) is 23.0 Å². The van der Waals surface area contributed by atoms with Gasteiger partial charge in [-0.1, -0.05) is 71.1 Å². The summed E-state index contributed by atoms with van der Waals surface area (Å²) in [6, 6.07) is 0.991. The van der Waals surface area contributed by atoms with Crippen molar-refractivity contribution in [2.24, 2.45) is 0 Å². The number of hydrogen-bond donors (Lipinski definition) is 4. The van der Waals surface area contributed by atoms with Crippen molar-refractivity contribution in [3.63, 3.8) is 0 Å². The van der Waals surface area contributed by atoms with Crippen LogP contribution in [0.25, 0.3) is 0 Å². The third-order valence-electron chi connectivity index (χ3n) is 4.54. The van der Waals surface area contributed by atoms with Gasteiger partial charge in [0.1, 0.15) is 0 Å².